The summed E-state index contributed by atoms with van der Waals surface area (Å²) in [5.74, 6) is 6.51. The molecular weight excluding hydrogens is 388 g/mol. The number of nitrogen functional groups attached to an aromatic ring is 1. The molecule has 0 aliphatic carbocycles. The lowest BCUT2D eigenvalue weighted by Gasteiger charge is -2.06. The van der Waals surface area contributed by atoms with Crippen LogP contribution in [0.1, 0.15) is 17.3 Å². The number of nitrogens with two attached hydrogens (primary N) is 1. The van der Waals surface area contributed by atoms with Crippen LogP contribution in [0.15, 0.2) is 59.8 Å². The molecule has 0 saturated heterocycles. The molecule has 9 heteroatoms. The third-order valence-corrected chi connectivity index (χ3v) is 5.29. The van der Waals surface area contributed by atoms with Crippen LogP contribution in [0.2, 0.25) is 0 Å². The summed E-state index contributed by atoms with van der Waals surface area (Å²) in [6.45, 7) is 1.50. The van der Waals surface area contributed by atoms with E-state index in [2.05, 4.69) is 20.5 Å². The van der Waals surface area contributed by atoms with Gasteiger partial charge in [0.1, 0.15) is 0 Å². The molecular formula is C20H18N6O2S. The highest BCUT2D eigenvalue weighted by molar-refractivity contribution is 7.99. The summed E-state index contributed by atoms with van der Waals surface area (Å²) in [7, 11) is 0. The highest BCUT2D eigenvalue weighted by atomic mass is 32.2. The van der Waals surface area contributed by atoms with E-state index in [9.17, 15) is 9.59 Å². The van der Waals surface area contributed by atoms with Gasteiger partial charge in [-0.1, -0.05) is 30.0 Å². The van der Waals surface area contributed by atoms with Gasteiger partial charge in [-0.2, -0.15) is 0 Å². The summed E-state index contributed by atoms with van der Waals surface area (Å²) in [5.41, 5.74) is 2.95. The number of fused-ring (bicyclic) bond motifs is 1. The molecule has 0 fully saturated rings. The Morgan fingerprint density at radius 1 is 1.14 bits per heavy atom. The normalized spacial score (nSPS) is 10.9. The van der Waals surface area contributed by atoms with E-state index in [0.717, 1.165) is 16.6 Å². The summed E-state index contributed by atoms with van der Waals surface area (Å²) in [6.07, 6.45) is 0. The van der Waals surface area contributed by atoms with Crippen molar-refractivity contribution >= 4 is 40.0 Å². The summed E-state index contributed by atoms with van der Waals surface area (Å²) in [4.78, 5) is 26.8. The zero-order valence-electron chi connectivity index (χ0n) is 15.5. The predicted molar refractivity (Wildman–Crippen MR) is 113 cm³/mol. The fourth-order valence-corrected chi connectivity index (χ4v) is 3.52. The van der Waals surface area contributed by atoms with E-state index in [0.29, 0.717) is 22.2 Å². The number of para-hydroxylation sites is 1. The minimum absolute atomic E-state index is 0.0218. The summed E-state index contributed by atoms with van der Waals surface area (Å²) < 4.78 is 1.37. The van der Waals surface area contributed by atoms with Crippen molar-refractivity contribution in [1.82, 2.24) is 19.9 Å². The zero-order valence-corrected chi connectivity index (χ0v) is 16.4. The lowest BCUT2D eigenvalue weighted by atomic mass is 10.1. The molecule has 0 unspecified atom stereocenters. The van der Waals surface area contributed by atoms with Gasteiger partial charge in [0.25, 0.3) is 0 Å². The van der Waals surface area contributed by atoms with Crippen molar-refractivity contribution in [1.29, 1.82) is 0 Å². The minimum Gasteiger partial charge on any atom is -0.352 e. The van der Waals surface area contributed by atoms with Crippen molar-refractivity contribution in [2.24, 2.45) is 0 Å². The van der Waals surface area contributed by atoms with Crippen LogP contribution in [-0.4, -0.2) is 37.3 Å². The number of nitrogens with zero attached hydrogens (tertiary/aromatic N) is 3. The van der Waals surface area contributed by atoms with Gasteiger partial charge < -0.3 is 16.1 Å². The van der Waals surface area contributed by atoms with Crippen LogP contribution in [0.3, 0.4) is 0 Å². The van der Waals surface area contributed by atoms with Crippen molar-refractivity contribution < 1.29 is 9.59 Å². The Bertz CT molecular complexity index is 1160. The summed E-state index contributed by atoms with van der Waals surface area (Å²) >= 11 is 1.19. The Kier molecular flexibility index (Phi) is 5.05. The first-order chi connectivity index (χ1) is 14.0. The van der Waals surface area contributed by atoms with E-state index in [1.54, 1.807) is 24.3 Å². The average Bonchev–Trinajstić information content (AvgIpc) is 3.29. The molecule has 146 valence electrons. The van der Waals surface area contributed by atoms with E-state index in [1.807, 2.05) is 30.3 Å². The second-order valence-electron chi connectivity index (χ2n) is 6.42. The number of carbonyl (C=O) groups is 2. The predicted octanol–water partition coefficient (Wildman–Crippen LogP) is 3.07. The van der Waals surface area contributed by atoms with E-state index >= 15 is 0 Å². The van der Waals surface area contributed by atoms with E-state index < -0.39 is 0 Å². The van der Waals surface area contributed by atoms with Crippen LogP contribution in [0.5, 0.6) is 0 Å². The van der Waals surface area contributed by atoms with Gasteiger partial charge in [-0.25, -0.2) is 4.68 Å². The maximum Gasteiger partial charge on any atom is 0.234 e. The Morgan fingerprint density at radius 3 is 2.62 bits per heavy atom. The van der Waals surface area contributed by atoms with Crippen LogP contribution in [0, 0.1) is 0 Å². The quantitative estimate of drug-likeness (QED) is 0.257. The van der Waals surface area contributed by atoms with Gasteiger partial charge in [-0.05, 0) is 43.3 Å². The number of amides is 1. The summed E-state index contributed by atoms with van der Waals surface area (Å²) in [6, 6.07) is 16.6. The van der Waals surface area contributed by atoms with Crippen molar-refractivity contribution in [2.45, 2.75) is 12.1 Å². The molecule has 4 rings (SSSR count). The molecule has 1 amide bonds. The summed E-state index contributed by atoms with van der Waals surface area (Å²) in [5, 5.41) is 12.5. The second-order valence-corrected chi connectivity index (χ2v) is 7.36. The first-order valence-corrected chi connectivity index (χ1v) is 9.82. The number of hydrogen-bond donors (Lipinski definition) is 3. The average molecular weight is 406 g/mol. The highest BCUT2D eigenvalue weighted by Crippen LogP contribution is 2.24. The number of ketones is 1. The Hall–Kier alpha value is -3.59. The number of carbonyl (C=O) groups excluding carboxylic acids is 2. The molecule has 0 atom stereocenters. The van der Waals surface area contributed by atoms with Crippen molar-refractivity contribution in [2.75, 3.05) is 16.9 Å². The third-order valence-electron chi connectivity index (χ3n) is 4.34. The van der Waals surface area contributed by atoms with Crippen LogP contribution < -0.4 is 11.2 Å². The maximum atomic E-state index is 12.2. The number of nitrogens with one attached hydrogen (secondary N) is 2. The molecule has 0 bridgehead atoms. The molecule has 4 N–H and O–H groups in total. The van der Waals surface area contributed by atoms with Gasteiger partial charge in [0, 0.05) is 22.2 Å². The molecule has 8 nitrogen and oxygen atoms in total. The molecule has 0 saturated carbocycles. The molecule has 2 aromatic carbocycles. The number of rotatable bonds is 6. The van der Waals surface area contributed by atoms with Crippen LogP contribution in [0.25, 0.3) is 22.4 Å². The van der Waals surface area contributed by atoms with Gasteiger partial charge >= 0.3 is 0 Å². The number of aromatic nitrogens is 4. The van der Waals surface area contributed by atoms with E-state index in [1.165, 1.54) is 23.4 Å². The van der Waals surface area contributed by atoms with E-state index in [4.69, 9.17) is 5.84 Å². The fourth-order valence-electron chi connectivity index (χ4n) is 2.87. The van der Waals surface area contributed by atoms with Gasteiger partial charge in [-0.3, -0.25) is 9.59 Å². The fraction of sp³-hybridized carbons (Fsp3) is 0.100. The first kappa shape index (κ1) is 18.8. The van der Waals surface area contributed by atoms with Crippen molar-refractivity contribution in [3.63, 3.8) is 0 Å². The van der Waals surface area contributed by atoms with Gasteiger partial charge in [-0.15, -0.1) is 10.2 Å². The lowest BCUT2D eigenvalue weighted by Crippen LogP contribution is -2.16. The Labute approximate surface area is 170 Å². The van der Waals surface area contributed by atoms with Crippen LogP contribution in [0.4, 0.5) is 5.69 Å². The smallest absolute Gasteiger partial charge is 0.234 e. The van der Waals surface area contributed by atoms with Crippen LogP contribution >= 0.6 is 11.8 Å². The minimum atomic E-state index is -0.208. The number of benzene rings is 2. The number of Topliss-reactive ketones (excluding diaryl/α,β-unsaturated/α-hetero) is 1. The molecule has 2 heterocycles. The molecule has 4 aromatic rings. The van der Waals surface area contributed by atoms with Crippen LogP contribution in [-0.2, 0) is 4.79 Å². The molecule has 0 radical (unpaired) electrons. The number of aromatic amines is 1. The topological polar surface area (TPSA) is 119 Å². The molecule has 29 heavy (non-hydrogen) atoms. The molecule has 0 spiro atoms. The second kappa shape index (κ2) is 7.80. The molecule has 0 aliphatic heterocycles. The number of anilines is 1. The number of hydrogen-bond acceptors (Lipinski definition) is 6. The highest BCUT2D eigenvalue weighted by Gasteiger charge is 2.15. The van der Waals surface area contributed by atoms with Crippen molar-refractivity contribution in [3.05, 3.63) is 60.2 Å². The third kappa shape index (κ3) is 3.99. The molecule has 2 aromatic heterocycles. The lowest BCUT2D eigenvalue weighted by molar-refractivity contribution is -0.113. The van der Waals surface area contributed by atoms with Gasteiger partial charge in [0.05, 0.1) is 11.4 Å². The SMILES string of the molecule is CC(=O)c1ccc(NC(=O)CSc2nnc(-c3cc4ccccc4[nH]3)n2N)cc1. The Morgan fingerprint density at radius 2 is 1.90 bits per heavy atom. The maximum absolute atomic E-state index is 12.2. The molecule has 0 aliphatic rings. The van der Waals surface area contributed by atoms with Gasteiger partial charge in [0.15, 0.2) is 11.6 Å². The standard InChI is InChI=1S/C20H18N6O2S/c1-12(27)13-6-8-15(9-7-13)22-18(28)11-29-20-25-24-19(26(20)21)17-10-14-4-2-3-5-16(14)23-17/h2-10,23H,11,21H2,1H3,(H,22,28). The largest absolute Gasteiger partial charge is 0.352 e. The number of thioether (sulfide) groups is 1. The number of H-pyrrole nitrogens is 1. The monoisotopic (exact) mass is 406 g/mol. The van der Waals surface area contributed by atoms with E-state index in [-0.39, 0.29) is 17.4 Å². The first-order valence-electron chi connectivity index (χ1n) is 8.83. The Balaban J connectivity index is 1.41. The zero-order chi connectivity index (χ0) is 20.4. The van der Waals surface area contributed by atoms with Crippen molar-refractivity contribution in [3.8, 4) is 11.5 Å². The van der Waals surface area contributed by atoms with Gasteiger partial charge in [0.2, 0.25) is 11.1 Å².